The Morgan fingerprint density at radius 1 is 1.41 bits per heavy atom. The quantitative estimate of drug-likeness (QED) is 0.872. The molecule has 0 aliphatic heterocycles. The molecule has 0 aromatic carbocycles. The van der Waals surface area contributed by atoms with Crippen LogP contribution in [0.1, 0.15) is 37.5 Å². The zero-order valence-electron chi connectivity index (χ0n) is 10.8. The van der Waals surface area contributed by atoms with Gasteiger partial charge in [0.05, 0.1) is 0 Å². The highest BCUT2D eigenvalue weighted by molar-refractivity contribution is 7.09. The van der Waals surface area contributed by atoms with Crippen molar-refractivity contribution in [3.63, 3.8) is 0 Å². The molecule has 2 N–H and O–H groups in total. The molecule has 2 unspecified atom stereocenters. The van der Waals surface area contributed by atoms with Crippen molar-refractivity contribution in [3.8, 4) is 0 Å². The van der Waals surface area contributed by atoms with Crippen LogP contribution in [0.3, 0.4) is 0 Å². The maximum atomic E-state index is 5.94. The topological polar surface area (TPSA) is 29.3 Å². The lowest BCUT2D eigenvalue weighted by molar-refractivity contribution is 0.106. The molecule has 0 amide bonds. The number of nitrogens with two attached hydrogens (primary N) is 1. The number of nitrogens with zero attached hydrogens (tertiary/aromatic N) is 1. The van der Waals surface area contributed by atoms with Gasteiger partial charge in [-0.2, -0.15) is 0 Å². The summed E-state index contributed by atoms with van der Waals surface area (Å²) >= 11 is 1.87. The van der Waals surface area contributed by atoms with Crippen molar-refractivity contribution in [2.75, 3.05) is 13.1 Å². The summed E-state index contributed by atoms with van der Waals surface area (Å²) in [5, 5.41) is 2.17. The van der Waals surface area contributed by atoms with E-state index in [4.69, 9.17) is 5.73 Å². The highest BCUT2D eigenvalue weighted by Gasteiger charge is 2.28. The predicted octanol–water partition coefficient (Wildman–Crippen LogP) is 3.09. The first kappa shape index (κ1) is 13.1. The van der Waals surface area contributed by atoms with Crippen LogP contribution in [0.2, 0.25) is 0 Å². The Hall–Kier alpha value is -0.380. The van der Waals surface area contributed by atoms with Crippen molar-refractivity contribution >= 4 is 11.3 Å². The Morgan fingerprint density at radius 2 is 2.24 bits per heavy atom. The summed E-state index contributed by atoms with van der Waals surface area (Å²) in [5.74, 6) is 0.712. The van der Waals surface area contributed by atoms with Crippen LogP contribution < -0.4 is 5.73 Å². The van der Waals surface area contributed by atoms with Gasteiger partial charge < -0.3 is 5.73 Å². The minimum absolute atomic E-state index is 0.709. The van der Waals surface area contributed by atoms with Crippen molar-refractivity contribution in [3.05, 3.63) is 22.4 Å². The van der Waals surface area contributed by atoms with Gasteiger partial charge in [-0.05, 0) is 43.3 Å². The largest absolute Gasteiger partial charge is 0.330 e. The number of thiophene rings is 1. The van der Waals surface area contributed by atoms with Crippen molar-refractivity contribution in [2.24, 2.45) is 11.7 Å². The molecule has 2 nitrogen and oxygen atoms in total. The van der Waals surface area contributed by atoms with Gasteiger partial charge >= 0.3 is 0 Å². The summed E-state index contributed by atoms with van der Waals surface area (Å²) in [6.45, 7) is 5.37. The molecular weight excluding hydrogens is 228 g/mol. The zero-order valence-corrected chi connectivity index (χ0v) is 11.6. The molecule has 1 heterocycles. The molecular formula is C14H24N2S. The van der Waals surface area contributed by atoms with E-state index in [0.717, 1.165) is 19.6 Å². The minimum atomic E-state index is 0.709. The number of hydrogen-bond donors (Lipinski definition) is 1. The maximum Gasteiger partial charge on any atom is 0.0330 e. The SMILES string of the molecule is CCN(Cc1cccs1)C1CCCCC1CN. The van der Waals surface area contributed by atoms with Crippen LogP contribution in [0.15, 0.2) is 17.5 Å². The molecule has 0 bridgehead atoms. The van der Waals surface area contributed by atoms with Crippen molar-refractivity contribution in [1.82, 2.24) is 4.90 Å². The lowest BCUT2D eigenvalue weighted by Crippen LogP contribution is -2.44. The van der Waals surface area contributed by atoms with Gasteiger partial charge in [-0.25, -0.2) is 0 Å². The fraction of sp³-hybridized carbons (Fsp3) is 0.714. The Bertz CT molecular complexity index is 310. The summed E-state index contributed by atoms with van der Waals surface area (Å²) in [6, 6.07) is 5.10. The third-order valence-electron chi connectivity index (χ3n) is 3.99. The lowest BCUT2D eigenvalue weighted by atomic mass is 9.83. The molecule has 1 fully saturated rings. The highest BCUT2D eigenvalue weighted by atomic mass is 32.1. The third kappa shape index (κ3) is 3.30. The Balaban J connectivity index is 2.00. The second-order valence-electron chi connectivity index (χ2n) is 4.99. The second-order valence-corrected chi connectivity index (χ2v) is 6.02. The van der Waals surface area contributed by atoms with Crippen LogP contribution in [0, 0.1) is 5.92 Å². The monoisotopic (exact) mass is 252 g/mol. The maximum absolute atomic E-state index is 5.94. The van der Waals surface area contributed by atoms with Crippen molar-refractivity contribution < 1.29 is 0 Å². The molecule has 2 rings (SSSR count). The molecule has 0 spiro atoms. The molecule has 3 heteroatoms. The van der Waals surface area contributed by atoms with E-state index >= 15 is 0 Å². The Kier molecular flexibility index (Phi) is 5.01. The average Bonchev–Trinajstić information content (AvgIpc) is 2.89. The fourth-order valence-electron chi connectivity index (χ4n) is 3.01. The summed E-state index contributed by atoms with van der Waals surface area (Å²) in [6.07, 6.45) is 5.40. The van der Waals surface area contributed by atoms with Crippen LogP contribution in [0.25, 0.3) is 0 Å². The minimum Gasteiger partial charge on any atom is -0.330 e. The number of rotatable bonds is 5. The van der Waals surface area contributed by atoms with E-state index in [1.807, 2.05) is 11.3 Å². The lowest BCUT2D eigenvalue weighted by Gasteiger charge is -2.39. The van der Waals surface area contributed by atoms with Crippen LogP contribution in [0.4, 0.5) is 0 Å². The molecule has 1 aliphatic carbocycles. The molecule has 1 aromatic heterocycles. The van der Waals surface area contributed by atoms with Gasteiger partial charge in [0, 0.05) is 17.5 Å². The molecule has 2 atom stereocenters. The van der Waals surface area contributed by atoms with E-state index in [1.54, 1.807) is 0 Å². The first-order valence-corrected chi connectivity index (χ1v) is 7.69. The Labute approximate surface area is 109 Å². The summed E-state index contributed by atoms with van der Waals surface area (Å²) in [4.78, 5) is 4.11. The van der Waals surface area contributed by atoms with Gasteiger partial charge in [-0.15, -0.1) is 11.3 Å². The third-order valence-corrected chi connectivity index (χ3v) is 4.85. The van der Waals surface area contributed by atoms with Gasteiger partial charge in [0.1, 0.15) is 0 Å². The van der Waals surface area contributed by atoms with Gasteiger partial charge in [0.15, 0.2) is 0 Å². The predicted molar refractivity (Wildman–Crippen MR) is 75.2 cm³/mol. The van der Waals surface area contributed by atoms with E-state index in [1.165, 1.54) is 30.6 Å². The van der Waals surface area contributed by atoms with Crippen LogP contribution in [-0.4, -0.2) is 24.0 Å². The van der Waals surface area contributed by atoms with Gasteiger partial charge in [-0.1, -0.05) is 25.8 Å². The summed E-state index contributed by atoms with van der Waals surface area (Å²) < 4.78 is 0. The number of hydrogen-bond acceptors (Lipinski definition) is 3. The molecule has 0 radical (unpaired) electrons. The van der Waals surface area contributed by atoms with Crippen LogP contribution in [-0.2, 0) is 6.54 Å². The normalized spacial score (nSPS) is 25.4. The van der Waals surface area contributed by atoms with E-state index in [9.17, 15) is 0 Å². The van der Waals surface area contributed by atoms with E-state index in [0.29, 0.717) is 12.0 Å². The van der Waals surface area contributed by atoms with Gasteiger partial charge in [0.2, 0.25) is 0 Å². The Morgan fingerprint density at radius 3 is 2.88 bits per heavy atom. The molecule has 1 saturated carbocycles. The summed E-state index contributed by atoms with van der Waals surface area (Å²) in [5.41, 5.74) is 5.94. The van der Waals surface area contributed by atoms with Gasteiger partial charge in [-0.3, -0.25) is 4.90 Å². The standard InChI is InChI=1S/C14H24N2S/c1-2-16(11-13-7-5-9-17-13)14-8-4-3-6-12(14)10-15/h5,7,9,12,14H,2-4,6,8,10-11,15H2,1H3. The zero-order chi connectivity index (χ0) is 12.1. The smallest absolute Gasteiger partial charge is 0.0330 e. The molecule has 1 aliphatic rings. The van der Waals surface area contributed by atoms with Crippen molar-refractivity contribution in [2.45, 2.75) is 45.2 Å². The highest BCUT2D eigenvalue weighted by Crippen LogP contribution is 2.29. The average molecular weight is 252 g/mol. The molecule has 17 heavy (non-hydrogen) atoms. The van der Waals surface area contributed by atoms with E-state index in [-0.39, 0.29) is 0 Å². The molecule has 1 aromatic rings. The first-order chi connectivity index (χ1) is 8.35. The van der Waals surface area contributed by atoms with Crippen LogP contribution in [0.5, 0.6) is 0 Å². The van der Waals surface area contributed by atoms with E-state index < -0.39 is 0 Å². The van der Waals surface area contributed by atoms with E-state index in [2.05, 4.69) is 29.3 Å². The van der Waals surface area contributed by atoms with Crippen LogP contribution >= 0.6 is 11.3 Å². The van der Waals surface area contributed by atoms with Crippen molar-refractivity contribution in [1.29, 1.82) is 0 Å². The van der Waals surface area contributed by atoms with Gasteiger partial charge in [0.25, 0.3) is 0 Å². The molecule has 96 valence electrons. The molecule has 0 saturated heterocycles. The fourth-order valence-corrected chi connectivity index (χ4v) is 3.74. The second kappa shape index (κ2) is 6.53. The first-order valence-electron chi connectivity index (χ1n) is 6.81. The summed E-state index contributed by atoms with van der Waals surface area (Å²) in [7, 11) is 0.